The van der Waals surface area contributed by atoms with Gasteiger partial charge in [0.1, 0.15) is 6.17 Å². The summed E-state index contributed by atoms with van der Waals surface area (Å²) in [6.07, 6.45) is 0.912. The Labute approximate surface area is 81.9 Å². The molecule has 0 heterocycles. The third-order valence-corrected chi connectivity index (χ3v) is 2.61. The Bertz CT molecular complexity index is 123. The summed E-state index contributed by atoms with van der Waals surface area (Å²) in [6.45, 7) is 8.80. The third kappa shape index (κ3) is 5.25. The van der Waals surface area contributed by atoms with Gasteiger partial charge in [-0.1, -0.05) is 27.7 Å². The molecule has 0 saturated carbocycles. The minimum absolute atomic E-state index is 0.0405. The molecule has 0 spiro atoms. The lowest BCUT2D eigenvalue weighted by atomic mass is 9.88. The average molecular weight is 189 g/mol. The van der Waals surface area contributed by atoms with Crippen molar-refractivity contribution in [2.24, 2.45) is 23.5 Å². The minimum Gasteiger partial charge on any atom is -0.330 e. The standard InChI is InChI=1S/C11H24FN/c1-8(2)5-6-11(12)10(7-13)9(3)4/h8-11H,5-7,13H2,1-4H3. The second kappa shape index (κ2) is 6.36. The molecule has 0 saturated heterocycles. The van der Waals surface area contributed by atoms with Crippen molar-refractivity contribution in [3.8, 4) is 0 Å². The summed E-state index contributed by atoms with van der Waals surface area (Å²) in [5.41, 5.74) is 5.54. The van der Waals surface area contributed by atoms with Crippen molar-refractivity contribution in [2.45, 2.75) is 46.7 Å². The summed E-state index contributed by atoms with van der Waals surface area (Å²) in [7, 11) is 0. The quantitative estimate of drug-likeness (QED) is 0.683. The molecule has 0 radical (unpaired) electrons. The van der Waals surface area contributed by atoms with Gasteiger partial charge in [-0.15, -0.1) is 0 Å². The van der Waals surface area contributed by atoms with Gasteiger partial charge >= 0.3 is 0 Å². The topological polar surface area (TPSA) is 26.0 Å². The monoisotopic (exact) mass is 189 g/mol. The molecule has 2 heteroatoms. The number of rotatable bonds is 6. The van der Waals surface area contributed by atoms with Crippen molar-refractivity contribution in [2.75, 3.05) is 6.54 Å². The Morgan fingerprint density at radius 1 is 1.08 bits per heavy atom. The maximum Gasteiger partial charge on any atom is 0.104 e. The molecule has 13 heavy (non-hydrogen) atoms. The molecule has 80 valence electrons. The Kier molecular flexibility index (Phi) is 6.31. The molecule has 2 atom stereocenters. The number of hydrogen-bond acceptors (Lipinski definition) is 1. The van der Waals surface area contributed by atoms with Crippen molar-refractivity contribution in [3.05, 3.63) is 0 Å². The summed E-state index contributed by atoms with van der Waals surface area (Å²) < 4.78 is 13.6. The Balaban J connectivity index is 3.84. The Morgan fingerprint density at radius 2 is 1.62 bits per heavy atom. The van der Waals surface area contributed by atoms with E-state index in [2.05, 4.69) is 13.8 Å². The van der Waals surface area contributed by atoms with Crippen LogP contribution in [-0.2, 0) is 0 Å². The summed E-state index contributed by atoms with van der Waals surface area (Å²) in [4.78, 5) is 0. The zero-order valence-corrected chi connectivity index (χ0v) is 9.39. The molecule has 0 fully saturated rings. The van der Waals surface area contributed by atoms with Crippen molar-refractivity contribution >= 4 is 0 Å². The predicted molar refractivity (Wildman–Crippen MR) is 56.4 cm³/mol. The first kappa shape index (κ1) is 12.9. The van der Waals surface area contributed by atoms with E-state index >= 15 is 0 Å². The molecule has 0 aromatic carbocycles. The molecule has 2 unspecified atom stereocenters. The van der Waals surface area contributed by atoms with Crippen LogP contribution in [0, 0.1) is 17.8 Å². The zero-order chi connectivity index (χ0) is 10.4. The summed E-state index contributed by atoms with van der Waals surface area (Å²) >= 11 is 0. The lowest BCUT2D eigenvalue weighted by Crippen LogP contribution is -2.29. The van der Waals surface area contributed by atoms with E-state index in [4.69, 9.17) is 5.73 Å². The number of alkyl halides is 1. The van der Waals surface area contributed by atoms with E-state index in [0.717, 1.165) is 6.42 Å². The first-order valence-electron chi connectivity index (χ1n) is 5.33. The van der Waals surface area contributed by atoms with Gasteiger partial charge in [-0.2, -0.15) is 0 Å². The molecule has 0 aliphatic heterocycles. The lowest BCUT2D eigenvalue weighted by Gasteiger charge is -2.23. The minimum atomic E-state index is -0.715. The third-order valence-electron chi connectivity index (χ3n) is 2.61. The number of hydrogen-bond donors (Lipinski definition) is 1. The van der Waals surface area contributed by atoms with E-state index in [1.54, 1.807) is 0 Å². The van der Waals surface area contributed by atoms with E-state index in [1.165, 1.54) is 0 Å². The lowest BCUT2D eigenvalue weighted by molar-refractivity contribution is 0.167. The second-order valence-electron chi connectivity index (χ2n) is 4.63. The molecule has 0 aromatic rings. The van der Waals surface area contributed by atoms with Crippen LogP contribution in [0.1, 0.15) is 40.5 Å². The van der Waals surface area contributed by atoms with Crippen LogP contribution in [0.4, 0.5) is 4.39 Å². The average Bonchev–Trinajstić information content (AvgIpc) is 2.01. The fourth-order valence-corrected chi connectivity index (χ4v) is 1.54. The highest BCUT2D eigenvalue weighted by Crippen LogP contribution is 2.22. The van der Waals surface area contributed by atoms with Crippen LogP contribution in [0.25, 0.3) is 0 Å². The Morgan fingerprint density at radius 3 is 1.92 bits per heavy atom. The van der Waals surface area contributed by atoms with Crippen LogP contribution in [0.3, 0.4) is 0 Å². The molecular formula is C11H24FN. The van der Waals surface area contributed by atoms with Gasteiger partial charge in [0.2, 0.25) is 0 Å². The molecule has 0 aromatic heterocycles. The molecule has 0 bridgehead atoms. The van der Waals surface area contributed by atoms with E-state index in [0.29, 0.717) is 24.8 Å². The van der Waals surface area contributed by atoms with Gasteiger partial charge in [-0.3, -0.25) is 0 Å². The van der Waals surface area contributed by atoms with Gasteiger partial charge in [0, 0.05) is 5.92 Å². The van der Waals surface area contributed by atoms with Gasteiger partial charge < -0.3 is 5.73 Å². The van der Waals surface area contributed by atoms with Gasteiger partial charge in [0.15, 0.2) is 0 Å². The first-order valence-corrected chi connectivity index (χ1v) is 5.33. The Hall–Kier alpha value is -0.110. The van der Waals surface area contributed by atoms with Crippen LogP contribution in [0.15, 0.2) is 0 Å². The van der Waals surface area contributed by atoms with Crippen LogP contribution >= 0.6 is 0 Å². The largest absolute Gasteiger partial charge is 0.330 e. The van der Waals surface area contributed by atoms with Gasteiger partial charge in [0.05, 0.1) is 0 Å². The molecule has 0 amide bonds. The van der Waals surface area contributed by atoms with Gasteiger partial charge in [0.25, 0.3) is 0 Å². The molecule has 0 aliphatic carbocycles. The fraction of sp³-hybridized carbons (Fsp3) is 1.00. The first-order chi connectivity index (χ1) is 5.99. The van der Waals surface area contributed by atoms with E-state index in [-0.39, 0.29) is 5.92 Å². The summed E-state index contributed by atoms with van der Waals surface area (Å²) in [5.74, 6) is 0.981. The van der Waals surface area contributed by atoms with Crippen molar-refractivity contribution in [1.82, 2.24) is 0 Å². The normalized spacial score (nSPS) is 16.6. The van der Waals surface area contributed by atoms with Gasteiger partial charge in [-0.05, 0) is 31.2 Å². The van der Waals surface area contributed by atoms with E-state index in [1.807, 2.05) is 13.8 Å². The maximum atomic E-state index is 13.6. The fourth-order valence-electron chi connectivity index (χ4n) is 1.54. The molecular weight excluding hydrogens is 165 g/mol. The van der Waals surface area contributed by atoms with Crippen molar-refractivity contribution in [1.29, 1.82) is 0 Å². The smallest absolute Gasteiger partial charge is 0.104 e. The maximum absolute atomic E-state index is 13.6. The van der Waals surface area contributed by atoms with E-state index < -0.39 is 6.17 Å². The van der Waals surface area contributed by atoms with Crippen molar-refractivity contribution < 1.29 is 4.39 Å². The van der Waals surface area contributed by atoms with Crippen LogP contribution in [-0.4, -0.2) is 12.7 Å². The van der Waals surface area contributed by atoms with Crippen LogP contribution < -0.4 is 5.73 Å². The molecule has 2 N–H and O–H groups in total. The highest BCUT2D eigenvalue weighted by atomic mass is 19.1. The highest BCUT2D eigenvalue weighted by Gasteiger charge is 2.22. The van der Waals surface area contributed by atoms with Gasteiger partial charge in [-0.25, -0.2) is 4.39 Å². The van der Waals surface area contributed by atoms with Crippen LogP contribution in [0.2, 0.25) is 0 Å². The zero-order valence-electron chi connectivity index (χ0n) is 9.39. The van der Waals surface area contributed by atoms with E-state index in [9.17, 15) is 4.39 Å². The predicted octanol–water partition coefficient (Wildman–Crippen LogP) is 2.99. The number of nitrogens with two attached hydrogens (primary N) is 1. The number of halogens is 1. The van der Waals surface area contributed by atoms with Crippen LogP contribution in [0.5, 0.6) is 0 Å². The SMILES string of the molecule is CC(C)CCC(F)C(CN)C(C)C. The summed E-state index contributed by atoms with van der Waals surface area (Å²) in [5, 5.41) is 0. The molecule has 1 nitrogen and oxygen atoms in total. The second-order valence-corrected chi connectivity index (χ2v) is 4.63. The highest BCUT2D eigenvalue weighted by molar-refractivity contribution is 4.73. The molecule has 0 rings (SSSR count). The molecule has 0 aliphatic rings. The summed E-state index contributed by atoms with van der Waals surface area (Å²) in [6, 6.07) is 0. The van der Waals surface area contributed by atoms with Crippen molar-refractivity contribution in [3.63, 3.8) is 0 Å².